The van der Waals surface area contributed by atoms with Crippen molar-refractivity contribution in [3.8, 4) is 11.5 Å². The summed E-state index contributed by atoms with van der Waals surface area (Å²) in [6.07, 6.45) is -8.49. The largest absolute Gasteiger partial charge is 0.504 e. The molecule has 1 fully saturated rings. The van der Waals surface area contributed by atoms with Crippen LogP contribution in [0.15, 0.2) is 24.3 Å². The lowest BCUT2D eigenvalue weighted by Gasteiger charge is -2.38. The molecule has 0 bridgehead atoms. The predicted octanol–water partition coefficient (Wildman–Crippen LogP) is -1.34. The zero-order valence-electron chi connectivity index (χ0n) is 10.2. The van der Waals surface area contributed by atoms with Gasteiger partial charge >= 0.3 is 5.97 Å². The molecule has 0 spiro atoms. The van der Waals surface area contributed by atoms with E-state index in [2.05, 4.69) is 0 Å². The minimum atomic E-state index is -1.79. The zero-order valence-corrected chi connectivity index (χ0v) is 10.2. The van der Waals surface area contributed by atoms with Crippen molar-refractivity contribution in [1.82, 2.24) is 0 Å². The summed E-state index contributed by atoms with van der Waals surface area (Å²) in [6.45, 7) is 0. The van der Waals surface area contributed by atoms with Crippen molar-refractivity contribution in [1.29, 1.82) is 0 Å². The Hall–Kier alpha value is -1.87. The average Bonchev–Trinajstić information content (AvgIpc) is 2.41. The van der Waals surface area contributed by atoms with Gasteiger partial charge in [0.05, 0.1) is 0 Å². The summed E-state index contributed by atoms with van der Waals surface area (Å²) < 4.78 is 10.0. The number of carboxylic acid groups (broad SMARTS) is 1. The second-order valence-electron chi connectivity index (χ2n) is 4.32. The van der Waals surface area contributed by atoms with Gasteiger partial charge in [0.15, 0.2) is 17.6 Å². The van der Waals surface area contributed by atoms with Crippen molar-refractivity contribution in [3.63, 3.8) is 0 Å². The fourth-order valence-corrected chi connectivity index (χ4v) is 1.83. The number of hydrogen-bond acceptors (Lipinski definition) is 7. The second-order valence-corrected chi connectivity index (χ2v) is 4.32. The third-order valence-electron chi connectivity index (χ3n) is 2.92. The van der Waals surface area contributed by atoms with Crippen LogP contribution in [-0.4, -0.2) is 62.2 Å². The van der Waals surface area contributed by atoms with Gasteiger partial charge in [-0.15, -0.1) is 0 Å². The number of ether oxygens (including phenoxy) is 2. The van der Waals surface area contributed by atoms with Crippen LogP contribution in [0.4, 0.5) is 0 Å². The zero-order chi connectivity index (χ0) is 14.9. The number of hydrogen-bond donors (Lipinski definition) is 5. The van der Waals surface area contributed by atoms with Crippen molar-refractivity contribution < 1.29 is 39.8 Å². The first kappa shape index (κ1) is 14.5. The monoisotopic (exact) mass is 286 g/mol. The maximum Gasteiger partial charge on any atom is 0.335 e. The van der Waals surface area contributed by atoms with E-state index < -0.39 is 36.7 Å². The fourth-order valence-electron chi connectivity index (χ4n) is 1.83. The number of aromatic hydroxyl groups is 1. The maximum absolute atomic E-state index is 10.9. The lowest BCUT2D eigenvalue weighted by atomic mass is 9.99. The third-order valence-corrected chi connectivity index (χ3v) is 2.92. The Morgan fingerprint density at radius 3 is 2.35 bits per heavy atom. The highest BCUT2D eigenvalue weighted by Gasteiger charge is 2.48. The molecule has 1 aromatic rings. The van der Waals surface area contributed by atoms with Gasteiger partial charge in [0, 0.05) is 0 Å². The highest BCUT2D eigenvalue weighted by molar-refractivity contribution is 5.73. The Labute approximate surface area is 113 Å². The molecule has 0 aromatic heterocycles. The van der Waals surface area contributed by atoms with Crippen LogP contribution in [0.2, 0.25) is 0 Å². The van der Waals surface area contributed by atoms with E-state index in [1.165, 1.54) is 12.1 Å². The normalized spacial score (nSPS) is 33.6. The molecule has 5 N–H and O–H groups in total. The number of aliphatic hydroxyl groups excluding tert-OH is 3. The molecule has 20 heavy (non-hydrogen) atoms. The molecule has 0 unspecified atom stereocenters. The van der Waals surface area contributed by atoms with Crippen LogP contribution >= 0.6 is 0 Å². The molecule has 0 saturated carbocycles. The van der Waals surface area contributed by atoms with Crippen LogP contribution in [0.1, 0.15) is 0 Å². The molecular weight excluding hydrogens is 272 g/mol. The standard InChI is InChI=1S/C12H14O8/c13-5-3-1-2-4-6(5)19-12-9(16)7(14)8(15)10(20-12)11(17)18/h1-4,7-10,12-16H,(H,17,18)/t7-,8-,9+,10-,12+/m1/s1. The van der Waals surface area contributed by atoms with Crippen LogP contribution in [-0.2, 0) is 9.53 Å². The summed E-state index contributed by atoms with van der Waals surface area (Å²) in [5.74, 6) is -1.80. The Bertz CT molecular complexity index is 490. The molecule has 0 aliphatic carbocycles. The van der Waals surface area contributed by atoms with E-state index in [9.17, 15) is 25.2 Å². The van der Waals surface area contributed by atoms with Crippen molar-refractivity contribution in [2.75, 3.05) is 0 Å². The molecule has 1 saturated heterocycles. The molecule has 1 heterocycles. The molecular formula is C12H14O8. The molecule has 8 heteroatoms. The molecule has 1 aliphatic heterocycles. The molecule has 5 atom stereocenters. The summed E-state index contributed by atoms with van der Waals surface area (Å²) in [7, 11) is 0. The Balaban J connectivity index is 2.18. The van der Waals surface area contributed by atoms with E-state index in [0.29, 0.717) is 0 Å². The Morgan fingerprint density at radius 1 is 1.10 bits per heavy atom. The summed E-state index contributed by atoms with van der Waals surface area (Å²) in [5.41, 5.74) is 0. The average molecular weight is 286 g/mol. The van der Waals surface area contributed by atoms with Gasteiger partial charge in [-0.25, -0.2) is 4.79 Å². The number of benzene rings is 1. The lowest BCUT2D eigenvalue weighted by Crippen LogP contribution is -2.61. The van der Waals surface area contributed by atoms with E-state index in [1.54, 1.807) is 12.1 Å². The van der Waals surface area contributed by atoms with E-state index in [1.807, 2.05) is 0 Å². The second kappa shape index (κ2) is 5.63. The lowest BCUT2D eigenvalue weighted by molar-refractivity contribution is -0.271. The summed E-state index contributed by atoms with van der Waals surface area (Å²) in [4.78, 5) is 10.9. The molecule has 1 aromatic carbocycles. The fraction of sp³-hybridized carbons (Fsp3) is 0.417. The van der Waals surface area contributed by atoms with Crippen LogP contribution in [0, 0.1) is 0 Å². The minimum absolute atomic E-state index is 0.0516. The van der Waals surface area contributed by atoms with Crippen LogP contribution < -0.4 is 4.74 Å². The number of aliphatic carboxylic acids is 1. The molecule has 8 nitrogen and oxygen atoms in total. The van der Waals surface area contributed by atoms with Crippen molar-refractivity contribution in [2.45, 2.75) is 30.7 Å². The Kier molecular flexibility index (Phi) is 4.09. The van der Waals surface area contributed by atoms with Crippen molar-refractivity contribution >= 4 is 5.97 Å². The molecule has 0 radical (unpaired) electrons. The Morgan fingerprint density at radius 2 is 1.75 bits per heavy atom. The first-order valence-corrected chi connectivity index (χ1v) is 5.79. The van der Waals surface area contributed by atoms with Gasteiger partial charge in [-0.1, -0.05) is 12.1 Å². The molecule has 0 amide bonds. The predicted molar refractivity (Wildman–Crippen MR) is 63.1 cm³/mol. The molecule has 110 valence electrons. The summed E-state index contributed by atoms with van der Waals surface area (Å²) in [5, 5.41) is 47.2. The quantitative estimate of drug-likeness (QED) is 0.460. The maximum atomic E-state index is 10.9. The molecule has 1 aliphatic rings. The number of carboxylic acids is 1. The van der Waals surface area contributed by atoms with Crippen LogP contribution in [0.25, 0.3) is 0 Å². The van der Waals surface area contributed by atoms with Crippen LogP contribution in [0.5, 0.6) is 11.5 Å². The number of rotatable bonds is 3. The highest BCUT2D eigenvalue weighted by atomic mass is 16.7. The van der Waals surface area contributed by atoms with E-state index in [-0.39, 0.29) is 11.5 Å². The highest BCUT2D eigenvalue weighted by Crippen LogP contribution is 2.29. The van der Waals surface area contributed by atoms with Gasteiger partial charge in [0.25, 0.3) is 0 Å². The first-order valence-electron chi connectivity index (χ1n) is 5.79. The third kappa shape index (κ3) is 2.68. The van der Waals surface area contributed by atoms with Crippen LogP contribution in [0.3, 0.4) is 0 Å². The van der Waals surface area contributed by atoms with E-state index in [4.69, 9.17) is 14.6 Å². The first-order chi connectivity index (χ1) is 9.41. The van der Waals surface area contributed by atoms with E-state index >= 15 is 0 Å². The van der Waals surface area contributed by atoms with Gasteiger partial charge in [0.1, 0.15) is 18.3 Å². The number of aliphatic hydroxyl groups is 3. The van der Waals surface area contributed by atoms with Crippen molar-refractivity contribution in [2.24, 2.45) is 0 Å². The minimum Gasteiger partial charge on any atom is -0.504 e. The van der Waals surface area contributed by atoms with Crippen molar-refractivity contribution in [3.05, 3.63) is 24.3 Å². The molecule has 2 rings (SSSR count). The van der Waals surface area contributed by atoms with Gasteiger partial charge < -0.3 is 35.0 Å². The number of phenols is 1. The van der Waals surface area contributed by atoms with Gasteiger partial charge in [-0.2, -0.15) is 0 Å². The number of phenolic OH excluding ortho intramolecular Hbond substituents is 1. The summed E-state index contributed by atoms with van der Waals surface area (Å²) >= 11 is 0. The van der Waals surface area contributed by atoms with Gasteiger partial charge in [0.2, 0.25) is 6.29 Å². The smallest absolute Gasteiger partial charge is 0.335 e. The van der Waals surface area contributed by atoms with Gasteiger partial charge in [-0.3, -0.25) is 0 Å². The number of carbonyl (C=O) groups is 1. The topological polar surface area (TPSA) is 137 Å². The van der Waals surface area contributed by atoms with E-state index in [0.717, 1.165) is 0 Å². The summed E-state index contributed by atoms with van der Waals surface area (Å²) in [6, 6.07) is 5.78. The number of para-hydroxylation sites is 2. The SMILES string of the molecule is O=C(O)[C@@H]1O[C@H](Oc2ccccc2O)[C@@H](O)[C@H](O)[C@H]1O. The van der Waals surface area contributed by atoms with Gasteiger partial charge in [-0.05, 0) is 12.1 Å².